The van der Waals surface area contributed by atoms with E-state index in [4.69, 9.17) is 4.74 Å². The number of hydrogen-bond donors (Lipinski definition) is 2. The minimum absolute atomic E-state index is 0.107. The topological polar surface area (TPSA) is 67.4 Å². The molecule has 0 radical (unpaired) electrons. The highest BCUT2D eigenvalue weighted by atomic mass is 16.5. The van der Waals surface area contributed by atoms with Gasteiger partial charge in [-0.2, -0.15) is 0 Å². The standard InChI is InChI=1S/C24H24N2O3/c1-17(2)21-13-6-7-14-22(21)29-16-23(27)25-20-12-8-9-18(15-20)24(28)26-19-10-4-3-5-11-19/h3-15,17H,16H2,1-2H3,(H,25,27)(H,26,28). The van der Waals surface area contributed by atoms with E-state index in [9.17, 15) is 9.59 Å². The molecule has 0 aliphatic carbocycles. The van der Waals surface area contributed by atoms with Crippen LogP contribution in [-0.2, 0) is 4.79 Å². The highest BCUT2D eigenvalue weighted by molar-refractivity contribution is 6.05. The van der Waals surface area contributed by atoms with Crippen molar-refractivity contribution in [1.29, 1.82) is 0 Å². The van der Waals surface area contributed by atoms with Gasteiger partial charge in [-0.15, -0.1) is 0 Å². The van der Waals surface area contributed by atoms with E-state index in [0.717, 1.165) is 5.56 Å². The van der Waals surface area contributed by atoms with Crippen LogP contribution in [0.2, 0.25) is 0 Å². The van der Waals surface area contributed by atoms with Crippen LogP contribution in [0, 0.1) is 0 Å². The van der Waals surface area contributed by atoms with Gasteiger partial charge in [0, 0.05) is 16.9 Å². The number of rotatable bonds is 7. The van der Waals surface area contributed by atoms with Gasteiger partial charge in [-0.1, -0.05) is 56.3 Å². The molecule has 29 heavy (non-hydrogen) atoms. The molecule has 2 N–H and O–H groups in total. The van der Waals surface area contributed by atoms with Crippen LogP contribution in [0.4, 0.5) is 11.4 Å². The zero-order chi connectivity index (χ0) is 20.6. The quantitative estimate of drug-likeness (QED) is 0.593. The number of carbonyl (C=O) groups excluding carboxylic acids is 2. The zero-order valence-electron chi connectivity index (χ0n) is 16.5. The summed E-state index contributed by atoms with van der Waals surface area (Å²) in [5.41, 5.74) is 2.76. The molecule has 0 spiro atoms. The Morgan fingerprint density at radius 3 is 2.28 bits per heavy atom. The van der Waals surface area contributed by atoms with Crippen LogP contribution in [0.25, 0.3) is 0 Å². The molecule has 3 rings (SSSR count). The largest absolute Gasteiger partial charge is 0.483 e. The van der Waals surface area contributed by atoms with Crippen LogP contribution < -0.4 is 15.4 Å². The molecule has 0 saturated heterocycles. The third kappa shape index (κ3) is 5.69. The van der Waals surface area contributed by atoms with E-state index in [1.54, 1.807) is 24.3 Å². The van der Waals surface area contributed by atoms with E-state index in [1.165, 1.54) is 0 Å². The maximum absolute atomic E-state index is 12.4. The molecule has 3 aromatic carbocycles. The Kier molecular flexibility index (Phi) is 6.63. The number of amides is 2. The summed E-state index contributed by atoms with van der Waals surface area (Å²) in [5, 5.41) is 5.60. The summed E-state index contributed by atoms with van der Waals surface area (Å²) >= 11 is 0. The van der Waals surface area contributed by atoms with Gasteiger partial charge in [0.1, 0.15) is 5.75 Å². The van der Waals surface area contributed by atoms with Crippen LogP contribution in [0.3, 0.4) is 0 Å². The molecule has 3 aromatic rings. The maximum atomic E-state index is 12.4. The first-order valence-electron chi connectivity index (χ1n) is 9.51. The number of benzene rings is 3. The summed E-state index contributed by atoms with van der Waals surface area (Å²) in [6.45, 7) is 4.05. The predicted octanol–water partition coefficient (Wildman–Crippen LogP) is 5.08. The fraction of sp³-hybridized carbons (Fsp3) is 0.167. The van der Waals surface area contributed by atoms with E-state index in [2.05, 4.69) is 24.5 Å². The average Bonchev–Trinajstić information content (AvgIpc) is 2.73. The molecule has 0 saturated carbocycles. The first-order chi connectivity index (χ1) is 14.0. The lowest BCUT2D eigenvalue weighted by atomic mass is 10.0. The number of hydrogen-bond acceptors (Lipinski definition) is 3. The SMILES string of the molecule is CC(C)c1ccccc1OCC(=O)Nc1cccc(C(=O)Nc2ccccc2)c1. The van der Waals surface area contributed by atoms with Gasteiger partial charge in [0.25, 0.3) is 11.8 Å². The summed E-state index contributed by atoms with van der Waals surface area (Å²) in [4.78, 5) is 24.7. The summed E-state index contributed by atoms with van der Waals surface area (Å²) in [6.07, 6.45) is 0. The zero-order valence-corrected chi connectivity index (χ0v) is 16.5. The van der Waals surface area contributed by atoms with Crippen molar-refractivity contribution in [3.63, 3.8) is 0 Å². The van der Waals surface area contributed by atoms with E-state index in [0.29, 0.717) is 28.6 Å². The molecule has 0 unspecified atom stereocenters. The van der Waals surface area contributed by atoms with Gasteiger partial charge in [0.2, 0.25) is 0 Å². The molecule has 2 amide bonds. The van der Waals surface area contributed by atoms with Crippen LogP contribution in [0.15, 0.2) is 78.9 Å². The van der Waals surface area contributed by atoms with Gasteiger partial charge in [-0.05, 0) is 47.9 Å². The third-order valence-electron chi connectivity index (χ3n) is 4.34. The van der Waals surface area contributed by atoms with Crippen molar-refractivity contribution in [1.82, 2.24) is 0 Å². The number of ether oxygens (including phenoxy) is 1. The van der Waals surface area contributed by atoms with Crippen molar-refractivity contribution in [2.24, 2.45) is 0 Å². The molecule has 0 heterocycles. The molecular weight excluding hydrogens is 364 g/mol. The first-order valence-corrected chi connectivity index (χ1v) is 9.51. The van der Waals surface area contributed by atoms with Gasteiger partial charge < -0.3 is 15.4 Å². The smallest absolute Gasteiger partial charge is 0.262 e. The normalized spacial score (nSPS) is 10.4. The fourth-order valence-electron chi connectivity index (χ4n) is 2.89. The highest BCUT2D eigenvalue weighted by Crippen LogP contribution is 2.25. The van der Waals surface area contributed by atoms with Crippen molar-refractivity contribution in [3.8, 4) is 5.75 Å². The Balaban J connectivity index is 1.60. The van der Waals surface area contributed by atoms with Gasteiger partial charge in [-0.3, -0.25) is 9.59 Å². The van der Waals surface area contributed by atoms with E-state index < -0.39 is 0 Å². The van der Waals surface area contributed by atoms with Crippen molar-refractivity contribution in [2.75, 3.05) is 17.2 Å². The van der Waals surface area contributed by atoms with Crippen molar-refractivity contribution < 1.29 is 14.3 Å². The van der Waals surface area contributed by atoms with Crippen LogP contribution in [-0.4, -0.2) is 18.4 Å². The second kappa shape index (κ2) is 9.55. The lowest BCUT2D eigenvalue weighted by Crippen LogP contribution is -2.21. The molecule has 5 heteroatoms. The monoisotopic (exact) mass is 388 g/mol. The summed E-state index contributed by atoms with van der Waals surface area (Å²) < 4.78 is 5.70. The highest BCUT2D eigenvalue weighted by Gasteiger charge is 2.11. The molecule has 5 nitrogen and oxygen atoms in total. The van der Waals surface area contributed by atoms with Gasteiger partial charge in [0.05, 0.1) is 0 Å². The number of nitrogens with one attached hydrogen (secondary N) is 2. The number of para-hydroxylation sites is 2. The van der Waals surface area contributed by atoms with Crippen molar-refractivity contribution in [3.05, 3.63) is 90.0 Å². The number of anilines is 2. The lowest BCUT2D eigenvalue weighted by molar-refractivity contribution is -0.118. The van der Waals surface area contributed by atoms with Crippen LogP contribution in [0.1, 0.15) is 35.7 Å². The molecule has 148 valence electrons. The summed E-state index contributed by atoms with van der Waals surface area (Å²) in [5.74, 6) is 0.473. The Hall–Kier alpha value is -3.60. The summed E-state index contributed by atoms with van der Waals surface area (Å²) in [7, 11) is 0. The molecule has 0 aliphatic heterocycles. The minimum atomic E-state index is -0.288. The van der Waals surface area contributed by atoms with Gasteiger partial charge in [0.15, 0.2) is 6.61 Å². The molecular formula is C24H24N2O3. The lowest BCUT2D eigenvalue weighted by Gasteiger charge is -2.14. The van der Waals surface area contributed by atoms with E-state index >= 15 is 0 Å². The van der Waals surface area contributed by atoms with Crippen molar-refractivity contribution in [2.45, 2.75) is 19.8 Å². The van der Waals surface area contributed by atoms with E-state index in [-0.39, 0.29) is 18.4 Å². The van der Waals surface area contributed by atoms with Gasteiger partial charge >= 0.3 is 0 Å². The van der Waals surface area contributed by atoms with Crippen LogP contribution >= 0.6 is 0 Å². The molecule has 0 aliphatic rings. The third-order valence-corrected chi connectivity index (χ3v) is 4.34. The molecule has 0 fully saturated rings. The Morgan fingerprint density at radius 1 is 0.828 bits per heavy atom. The average molecular weight is 388 g/mol. The Morgan fingerprint density at radius 2 is 1.52 bits per heavy atom. The minimum Gasteiger partial charge on any atom is -0.483 e. The Bertz CT molecular complexity index is 984. The first kappa shape index (κ1) is 20.1. The van der Waals surface area contributed by atoms with Gasteiger partial charge in [-0.25, -0.2) is 0 Å². The molecule has 0 bridgehead atoms. The number of carbonyl (C=O) groups is 2. The second-order valence-corrected chi connectivity index (χ2v) is 6.93. The Labute approximate surface area is 170 Å². The van der Waals surface area contributed by atoms with Crippen molar-refractivity contribution >= 4 is 23.2 Å². The molecule has 0 atom stereocenters. The fourth-order valence-corrected chi connectivity index (χ4v) is 2.89. The maximum Gasteiger partial charge on any atom is 0.262 e. The predicted molar refractivity (Wildman–Crippen MR) is 115 cm³/mol. The summed E-state index contributed by atoms with van der Waals surface area (Å²) in [6, 6.07) is 23.7. The second-order valence-electron chi connectivity index (χ2n) is 6.93. The van der Waals surface area contributed by atoms with Crippen LogP contribution in [0.5, 0.6) is 5.75 Å². The molecule has 0 aromatic heterocycles. The van der Waals surface area contributed by atoms with E-state index in [1.807, 2.05) is 54.6 Å².